The van der Waals surface area contributed by atoms with E-state index in [9.17, 15) is 5.11 Å². The Labute approximate surface area is 83.2 Å². The SMILES string of the molecule is CCNc1cccc2ccc(O)cc12. The zero-order valence-corrected chi connectivity index (χ0v) is 8.12. The van der Waals surface area contributed by atoms with Crippen LogP contribution in [0.4, 0.5) is 5.69 Å². The van der Waals surface area contributed by atoms with Crippen LogP contribution in [0.1, 0.15) is 6.92 Å². The van der Waals surface area contributed by atoms with Crippen molar-refractivity contribution in [2.45, 2.75) is 6.92 Å². The number of benzene rings is 2. The van der Waals surface area contributed by atoms with Crippen LogP contribution < -0.4 is 5.32 Å². The maximum absolute atomic E-state index is 9.40. The molecule has 2 aromatic carbocycles. The second-order valence-electron chi connectivity index (χ2n) is 3.24. The van der Waals surface area contributed by atoms with Crippen molar-refractivity contribution in [3.8, 4) is 5.75 Å². The van der Waals surface area contributed by atoms with Crippen LogP contribution in [0.2, 0.25) is 0 Å². The first kappa shape index (κ1) is 8.88. The van der Waals surface area contributed by atoms with Gasteiger partial charge in [0, 0.05) is 17.6 Å². The summed E-state index contributed by atoms with van der Waals surface area (Å²) in [4.78, 5) is 0. The average Bonchev–Trinajstić information content (AvgIpc) is 2.19. The molecule has 0 saturated heterocycles. The topological polar surface area (TPSA) is 32.3 Å². The Bertz CT molecular complexity index is 451. The van der Waals surface area contributed by atoms with Gasteiger partial charge in [-0.05, 0) is 30.5 Å². The molecule has 14 heavy (non-hydrogen) atoms. The second kappa shape index (κ2) is 3.58. The Morgan fingerprint density at radius 2 is 2.07 bits per heavy atom. The average molecular weight is 187 g/mol. The van der Waals surface area contributed by atoms with Crippen molar-refractivity contribution < 1.29 is 5.11 Å². The van der Waals surface area contributed by atoms with Crippen molar-refractivity contribution >= 4 is 16.5 Å². The second-order valence-corrected chi connectivity index (χ2v) is 3.24. The van der Waals surface area contributed by atoms with Gasteiger partial charge in [0.05, 0.1) is 0 Å². The highest BCUT2D eigenvalue weighted by Crippen LogP contribution is 2.26. The minimum Gasteiger partial charge on any atom is -0.508 e. The minimum atomic E-state index is 0.308. The molecule has 2 aromatic rings. The van der Waals surface area contributed by atoms with Crippen LogP contribution >= 0.6 is 0 Å². The molecule has 0 aliphatic rings. The lowest BCUT2D eigenvalue weighted by Crippen LogP contribution is -1.96. The molecule has 0 heterocycles. The van der Waals surface area contributed by atoms with Crippen LogP contribution in [0.3, 0.4) is 0 Å². The van der Waals surface area contributed by atoms with E-state index < -0.39 is 0 Å². The molecule has 0 fully saturated rings. The quantitative estimate of drug-likeness (QED) is 0.757. The van der Waals surface area contributed by atoms with Gasteiger partial charge in [0.15, 0.2) is 0 Å². The number of rotatable bonds is 2. The molecule has 0 atom stereocenters. The normalized spacial score (nSPS) is 10.4. The van der Waals surface area contributed by atoms with Gasteiger partial charge in [-0.3, -0.25) is 0 Å². The summed E-state index contributed by atoms with van der Waals surface area (Å²) in [5, 5.41) is 14.9. The molecule has 0 radical (unpaired) electrons. The highest BCUT2D eigenvalue weighted by Gasteiger charge is 1.99. The summed E-state index contributed by atoms with van der Waals surface area (Å²) in [6.45, 7) is 2.94. The fourth-order valence-corrected chi connectivity index (χ4v) is 1.61. The maximum Gasteiger partial charge on any atom is 0.116 e. The first-order valence-corrected chi connectivity index (χ1v) is 4.77. The van der Waals surface area contributed by atoms with E-state index in [0.29, 0.717) is 5.75 Å². The van der Waals surface area contributed by atoms with E-state index in [2.05, 4.69) is 12.2 Å². The summed E-state index contributed by atoms with van der Waals surface area (Å²) in [5.74, 6) is 0.308. The van der Waals surface area contributed by atoms with Crippen molar-refractivity contribution in [2.24, 2.45) is 0 Å². The Balaban J connectivity index is 2.64. The highest BCUT2D eigenvalue weighted by atomic mass is 16.3. The third-order valence-electron chi connectivity index (χ3n) is 2.23. The molecule has 0 unspecified atom stereocenters. The maximum atomic E-state index is 9.40. The van der Waals surface area contributed by atoms with Gasteiger partial charge in [0.25, 0.3) is 0 Å². The van der Waals surface area contributed by atoms with Gasteiger partial charge in [0.2, 0.25) is 0 Å². The smallest absolute Gasteiger partial charge is 0.116 e. The number of fused-ring (bicyclic) bond motifs is 1. The molecule has 2 nitrogen and oxygen atoms in total. The van der Waals surface area contributed by atoms with E-state index in [1.165, 1.54) is 0 Å². The summed E-state index contributed by atoms with van der Waals surface area (Å²) in [5.41, 5.74) is 1.07. The van der Waals surface area contributed by atoms with Gasteiger partial charge in [-0.15, -0.1) is 0 Å². The van der Waals surface area contributed by atoms with Crippen molar-refractivity contribution in [3.05, 3.63) is 36.4 Å². The monoisotopic (exact) mass is 187 g/mol. The lowest BCUT2D eigenvalue weighted by atomic mass is 10.1. The predicted molar refractivity (Wildman–Crippen MR) is 59.8 cm³/mol. The third kappa shape index (κ3) is 1.51. The largest absolute Gasteiger partial charge is 0.508 e. The van der Waals surface area contributed by atoms with Gasteiger partial charge >= 0.3 is 0 Å². The van der Waals surface area contributed by atoms with Crippen LogP contribution in [-0.2, 0) is 0 Å². The lowest BCUT2D eigenvalue weighted by Gasteiger charge is -2.07. The zero-order chi connectivity index (χ0) is 9.97. The first-order valence-electron chi connectivity index (χ1n) is 4.77. The van der Waals surface area contributed by atoms with E-state index in [0.717, 1.165) is 23.0 Å². The van der Waals surface area contributed by atoms with Gasteiger partial charge in [-0.1, -0.05) is 18.2 Å². The van der Waals surface area contributed by atoms with Gasteiger partial charge in [0.1, 0.15) is 5.75 Å². The van der Waals surface area contributed by atoms with Gasteiger partial charge in [-0.2, -0.15) is 0 Å². The Morgan fingerprint density at radius 1 is 1.21 bits per heavy atom. The summed E-state index contributed by atoms with van der Waals surface area (Å²) in [6, 6.07) is 11.5. The molecule has 0 spiro atoms. The van der Waals surface area contributed by atoms with Crippen molar-refractivity contribution in [1.82, 2.24) is 0 Å². The number of aromatic hydroxyl groups is 1. The molecule has 0 amide bonds. The Morgan fingerprint density at radius 3 is 2.86 bits per heavy atom. The van der Waals surface area contributed by atoms with E-state index in [1.807, 2.05) is 24.3 Å². The minimum absolute atomic E-state index is 0.308. The number of anilines is 1. The fraction of sp³-hybridized carbons (Fsp3) is 0.167. The molecule has 2 rings (SSSR count). The predicted octanol–water partition coefficient (Wildman–Crippen LogP) is 2.98. The molecular weight excluding hydrogens is 174 g/mol. The van der Waals surface area contributed by atoms with E-state index in [4.69, 9.17) is 0 Å². The first-order chi connectivity index (χ1) is 6.81. The molecule has 2 N–H and O–H groups in total. The van der Waals surface area contributed by atoms with E-state index in [-0.39, 0.29) is 0 Å². The number of nitrogens with one attached hydrogen (secondary N) is 1. The van der Waals surface area contributed by atoms with Gasteiger partial charge < -0.3 is 10.4 Å². The van der Waals surface area contributed by atoms with Crippen molar-refractivity contribution in [3.63, 3.8) is 0 Å². The molecule has 0 bridgehead atoms. The Kier molecular flexibility index (Phi) is 2.27. The zero-order valence-electron chi connectivity index (χ0n) is 8.12. The Hall–Kier alpha value is -1.70. The third-order valence-corrected chi connectivity index (χ3v) is 2.23. The van der Waals surface area contributed by atoms with Gasteiger partial charge in [-0.25, -0.2) is 0 Å². The molecule has 2 heteroatoms. The molecule has 72 valence electrons. The van der Waals surface area contributed by atoms with Crippen LogP contribution in [0.5, 0.6) is 5.75 Å². The summed E-state index contributed by atoms with van der Waals surface area (Å²) >= 11 is 0. The highest BCUT2D eigenvalue weighted by molar-refractivity contribution is 5.94. The standard InChI is InChI=1S/C12H13NO/c1-2-13-12-5-3-4-9-6-7-10(14)8-11(9)12/h3-8,13-14H,2H2,1H3. The number of hydrogen-bond acceptors (Lipinski definition) is 2. The van der Waals surface area contributed by atoms with Crippen LogP contribution in [0.25, 0.3) is 10.8 Å². The molecule has 0 aliphatic heterocycles. The van der Waals surface area contributed by atoms with Crippen LogP contribution in [0, 0.1) is 0 Å². The molecule has 0 aliphatic carbocycles. The number of phenols is 1. The van der Waals surface area contributed by atoms with Crippen LogP contribution in [0.15, 0.2) is 36.4 Å². The van der Waals surface area contributed by atoms with Crippen molar-refractivity contribution in [2.75, 3.05) is 11.9 Å². The van der Waals surface area contributed by atoms with Crippen LogP contribution in [-0.4, -0.2) is 11.7 Å². The van der Waals surface area contributed by atoms with Crippen molar-refractivity contribution in [1.29, 1.82) is 0 Å². The molecular formula is C12H13NO. The summed E-state index contributed by atoms with van der Waals surface area (Å²) < 4.78 is 0. The lowest BCUT2D eigenvalue weighted by molar-refractivity contribution is 0.476. The summed E-state index contributed by atoms with van der Waals surface area (Å²) in [6.07, 6.45) is 0. The molecule has 0 aromatic heterocycles. The van der Waals surface area contributed by atoms with E-state index in [1.54, 1.807) is 12.1 Å². The fourth-order valence-electron chi connectivity index (χ4n) is 1.61. The molecule has 0 saturated carbocycles. The number of hydrogen-bond donors (Lipinski definition) is 2. The summed E-state index contributed by atoms with van der Waals surface area (Å²) in [7, 11) is 0. The van der Waals surface area contributed by atoms with E-state index >= 15 is 0 Å². The number of phenolic OH excluding ortho intramolecular Hbond substituents is 1.